The zero-order valence-corrected chi connectivity index (χ0v) is 12.0. The highest BCUT2D eigenvalue weighted by molar-refractivity contribution is 5.69. The van der Waals surface area contributed by atoms with Crippen LogP contribution in [0.3, 0.4) is 0 Å². The molecule has 1 aliphatic rings. The molecule has 1 aliphatic heterocycles. The molecule has 1 fully saturated rings. The third kappa shape index (κ3) is 3.97. The second kappa shape index (κ2) is 5.52. The molecule has 0 radical (unpaired) electrons. The van der Waals surface area contributed by atoms with Crippen LogP contribution in [0.4, 0.5) is 10.6 Å². The zero-order valence-electron chi connectivity index (χ0n) is 12.0. The van der Waals surface area contributed by atoms with Crippen molar-refractivity contribution in [3.8, 4) is 5.88 Å². The van der Waals surface area contributed by atoms with Crippen LogP contribution >= 0.6 is 0 Å². The normalized spacial score (nSPS) is 15.7. The Kier molecular flexibility index (Phi) is 3.96. The summed E-state index contributed by atoms with van der Waals surface area (Å²) in [5.41, 5.74) is 4.97. The third-order valence-electron chi connectivity index (χ3n) is 2.74. The number of hydrogen-bond donors (Lipinski definition) is 1. The van der Waals surface area contributed by atoms with Crippen molar-refractivity contribution in [3.63, 3.8) is 0 Å². The van der Waals surface area contributed by atoms with E-state index in [0.717, 1.165) is 0 Å². The Balaban J connectivity index is 1.69. The lowest BCUT2D eigenvalue weighted by atomic mass is 10.0. The maximum absolute atomic E-state index is 11.7. The van der Waals surface area contributed by atoms with Crippen molar-refractivity contribution in [1.29, 1.82) is 0 Å². The summed E-state index contributed by atoms with van der Waals surface area (Å²) in [7, 11) is 0. The van der Waals surface area contributed by atoms with Crippen LogP contribution in [0.2, 0.25) is 0 Å². The van der Waals surface area contributed by atoms with Gasteiger partial charge in [-0.2, -0.15) is 0 Å². The second-order valence-electron chi connectivity index (χ2n) is 5.86. The molecular formula is C13H20N4O3. The fraction of sp³-hybridized carbons (Fsp3) is 0.615. The molecule has 0 aliphatic carbocycles. The van der Waals surface area contributed by atoms with E-state index in [4.69, 9.17) is 15.2 Å². The number of amides is 1. The van der Waals surface area contributed by atoms with Crippen LogP contribution in [0, 0.1) is 5.92 Å². The molecule has 0 spiro atoms. The smallest absolute Gasteiger partial charge is 0.410 e. The van der Waals surface area contributed by atoms with E-state index < -0.39 is 5.60 Å². The molecule has 0 aromatic carbocycles. The number of nitrogens with zero attached hydrogens (tertiary/aromatic N) is 3. The summed E-state index contributed by atoms with van der Waals surface area (Å²) < 4.78 is 10.8. The molecule has 2 rings (SSSR count). The van der Waals surface area contributed by atoms with Crippen molar-refractivity contribution in [3.05, 3.63) is 12.1 Å². The summed E-state index contributed by atoms with van der Waals surface area (Å²) in [5.74, 6) is 1.09. The van der Waals surface area contributed by atoms with Gasteiger partial charge in [-0.3, -0.25) is 0 Å². The molecule has 0 atom stereocenters. The Morgan fingerprint density at radius 2 is 2.10 bits per heavy atom. The predicted octanol–water partition coefficient (Wildman–Crippen LogP) is 1.30. The first kappa shape index (κ1) is 14.4. The molecule has 1 saturated heterocycles. The Hall–Kier alpha value is -2.05. The molecule has 2 N–H and O–H groups in total. The lowest BCUT2D eigenvalue weighted by molar-refractivity contribution is -0.00813. The van der Waals surface area contributed by atoms with Crippen LogP contribution in [0.1, 0.15) is 20.8 Å². The Morgan fingerprint density at radius 3 is 2.65 bits per heavy atom. The first-order chi connectivity index (χ1) is 9.33. The van der Waals surface area contributed by atoms with Gasteiger partial charge in [0.25, 0.3) is 0 Å². The molecule has 0 bridgehead atoms. The fourth-order valence-corrected chi connectivity index (χ4v) is 1.76. The Labute approximate surface area is 118 Å². The number of rotatable bonds is 3. The SMILES string of the molecule is CC(C)(C)OC(=O)N1CC(COc2ccc(N)nn2)C1. The zero-order chi connectivity index (χ0) is 14.8. The van der Waals surface area contributed by atoms with Gasteiger partial charge in [0.05, 0.1) is 6.61 Å². The van der Waals surface area contributed by atoms with Crippen molar-refractivity contribution < 1.29 is 14.3 Å². The lowest BCUT2D eigenvalue weighted by Gasteiger charge is -2.39. The molecule has 1 aromatic rings. The number of ether oxygens (including phenoxy) is 2. The van der Waals surface area contributed by atoms with Crippen LogP contribution in [-0.2, 0) is 4.74 Å². The van der Waals surface area contributed by atoms with Crippen molar-refractivity contribution in [1.82, 2.24) is 15.1 Å². The number of likely N-dealkylation sites (tertiary alicyclic amines) is 1. The van der Waals surface area contributed by atoms with Crippen LogP contribution < -0.4 is 10.5 Å². The minimum atomic E-state index is -0.460. The highest BCUT2D eigenvalue weighted by Gasteiger charge is 2.34. The van der Waals surface area contributed by atoms with Crippen LogP contribution in [0.25, 0.3) is 0 Å². The average molecular weight is 280 g/mol. The van der Waals surface area contributed by atoms with E-state index in [1.165, 1.54) is 0 Å². The van der Waals surface area contributed by atoms with E-state index in [9.17, 15) is 4.79 Å². The van der Waals surface area contributed by atoms with E-state index in [2.05, 4.69) is 10.2 Å². The molecule has 2 heterocycles. The molecule has 7 heteroatoms. The number of aromatic nitrogens is 2. The molecular weight excluding hydrogens is 260 g/mol. The van der Waals surface area contributed by atoms with Gasteiger partial charge in [0.2, 0.25) is 5.88 Å². The van der Waals surface area contributed by atoms with Gasteiger partial charge < -0.3 is 20.1 Å². The summed E-state index contributed by atoms with van der Waals surface area (Å²) in [4.78, 5) is 13.4. The Bertz CT molecular complexity index is 463. The first-order valence-electron chi connectivity index (χ1n) is 6.53. The van der Waals surface area contributed by atoms with E-state index in [1.807, 2.05) is 20.8 Å². The average Bonchev–Trinajstić information content (AvgIpc) is 2.27. The number of nitrogens with two attached hydrogens (primary N) is 1. The summed E-state index contributed by atoms with van der Waals surface area (Å²) in [6, 6.07) is 3.31. The number of nitrogen functional groups attached to an aromatic ring is 1. The maximum Gasteiger partial charge on any atom is 0.410 e. The third-order valence-corrected chi connectivity index (χ3v) is 2.74. The lowest BCUT2D eigenvalue weighted by Crippen LogP contribution is -2.53. The van der Waals surface area contributed by atoms with Crippen molar-refractivity contribution in [2.24, 2.45) is 5.92 Å². The van der Waals surface area contributed by atoms with Gasteiger partial charge in [0.1, 0.15) is 11.4 Å². The minimum absolute atomic E-state index is 0.277. The molecule has 1 amide bonds. The van der Waals surface area contributed by atoms with Gasteiger partial charge in [0.15, 0.2) is 0 Å². The largest absolute Gasteiger partial charge is 0.476 e. The number of anilines is 1. The van der Waals surface area contributed by atoms with Crippen LogP contribution in [0.5, 0.6) is 5.88 Å². The van der Waals surface area contributed by atoms with Crippen LogP contribution in [0.15, 0.2) is 12.1 Å². The molecule has 0 unspecified atom stereocenters. The topological polar surface area (TPSA) is 90.6 Å². The highest BCUT2D eigenvalue weighted by Crippen LogP contribution is 2.20. The second-order valence-corrected chi connectivity index (χ2v) is 5.86. The van der Waals surface area contributed by atoms with Gasteiger partial charge in [-0.25, -0.2) is 4.79 Å². The molecule has 110 valence electrons. The first-order valence-corrected chi connectivity index (χ1v) is 6.53. The van der Waals surface area contributed by atoms with E-state index in [0.29, 0.717) is 37.3 Å². The number of carbonyl (C=O) groups is 1. The minimum Gasteiger partial charge on any atom is -0.476 e. The van der Waals surface area contributed by atoms with Gasteiger partial charge in [-0.15, -0.1) is 10.2 Å². The van der Waals surface area contributed by atoms with Gasteiger partial charge in [0, 0.05) is 25.1 Å². The molecule has 1 aromatic heterocycles. The summed E-state index contributed by atoms with van der Waals surface area (Å²) in [5, 5.41) is 7.51. The van der Waals surface area contributed by atoms with E-state index in [1.54, 1.807) is 17.0 Å². The van der Waals surface area contributed by atoms with Gasteiger partial charge in [-0.05, 0) is 26.8 Å². The summed E-state index contributed by atoms with van der Waals surface area (Å²) >= 11 is 0. The number of carbonyl (C=O) groups excluding carboxylic acids is 1. The predicted molar refractivity (Wildman–Crippen MR) is 73.2 cm³/mol. The molecule has 20 heavy (non-hydrogen) atoms. The summed E-state index contributed by atoms with van der Waals surface area (Å²) in [6.07, 6.45) is -0.277. The monoisotopic (exact) mass is 280 g/mol. The van der Waals surface area contributed by atoms with Gasteiger partial charge in [-0.1, -0.05) is 0 Å². The van der Waals surface area contributed by atoms with Crippen molar-refractivity contribution in [2.75, 3.05) is 25.4 Å². The Morgan fingerprint density at radius 1 is 1.40 bits per heavy atom. The fourth-order valence-electron chi connectivity index (χ4n) is 1.76. The van der Waals surface area contributed by atoms with E-state index in [-0.39, 0.29) is 6.09 Å². The maximum atomic E-state index is 11.7. The van der Waals surface area contributed by atoms with Gasteiger partial charge >= 0.3 is 6.09 Å². The molecule has 0 saturated carbocycles. The van der Waals surface area contributed by atoms with E-state index >= 15 is 0 Å². The van der Waals surface area contributed by atoms with Crippen LogP contribution in [-0.4, -0.2) is 46.5 Å². The molecule has 7 nitrogen and oxygen atoms in total. The highest BCUT2D eigenvalue weighted by atomic mass is 16.6. The summed E-state index contributed by atoms with van der Waals surface area (Å²) in [6.45, 7) is 7.33. The quantitative estimate of drug-likeness (QED) is 0.897. The number of hydrogen-bond acceptors (Lipinski definition) is 6. The van der Waals surface area contributed by atoms with Crippen molar-refractivity contribution in [2.45, 2.75) is 26.4 Å². The van der Waals surface area contributed by atoms with Crippen molar-refractivity contribution >= 4 is 11.9 Å². The standard InChI is InChI=1S/C13H20N4O3/c1-13(2,3)20-12(18)17-6-9(7-17)8-19-11-5-4-10(14)15-16-11/h4-5,9H,6-8H2,1-3H3,(H2,14,15).